The number of nitrogens with two attached hydrogens (primary N) is 1. The number of aromatic nitrogens is 1. The van der Waals surface area contributed by atoms with Crippen molar-refractivity contribution >= 4 is 17.0 Å². The van der Waals surface area contributed by atoms with E-state index in [4.69, 9.17) is 10.5 Å². The van der Waals surface area contributed by atoms with E-state index in [1.807, 2.05) is 18.2 Å². The summed E-state index contributed by atoms with van der Waals surface area (Å²) in [6.07, 6.45) is 1.75. The maximum absolute atomic E-state index is 11.2. The second kappa shape index (κ2) is 4.85. The number of para-hydroxylation sites is 2. The molecule has 4 nitrogen and oxygen atoms in total. The Morgan fingerprint density at radius 1 is 1.38 bits per heavy atom. The van der Waals surface area contributed by atoms with Gasteiger partial charge in [0.15, 0.2) is 0 Å². The first-order valence-corrected chi connectivity index (χ1v) is 5.76. The van der Waals surface area contributed by atoms with E-state index >= 15 is 0 Å². The van der Waals surface area contributed by atoms with Crippen LogP contribution in [0.2, 0.25) is 0 Å². The minimum absolute atomic E-state index is 0.0321. The van der Waals surface area contributed by atoms with Crippen LogP contribution in [0.3, 0.4) is 0 Å². The Kier molecular flexibility index (Phi) is 3.26. The number of benzene rings is 1. The number of hydrogen-bond acceptors (Lipinski definition) is 4. The van der Waals surface area contributed by atoms with Crippen molar-refractivity contribution in [2.24, 2.45) is 0 Å². The van der Waals surface area contributed by atoms with E-state index in [1.165, 1.54) is 11.3 Å². The van der Waals surface area contributed by atoms with E-state index in [1.54, 1.807) is 22.2 Å². The van der Waals surface area contributed by atoms with Gasteiger partial charge in [-0.05, 0) is 12.1 Å². The largest absolute Gasteiger partial charge is 0.490 e. The lowest BCUT2D eigenvalue weighted by Crippen LogP contribution is -2.17. The summed E-state index contributed by atoms with van der Waals surface area (Å²) >= 11 is 1.18. The fraction of sp³-hybridized carbons (Fsp3) is 0.182. The van der Waals surface area contributed by atoms with Gasteiger partial charge < -0.3 is 15.0 Å². The molecule has 0 aliphatic carbocycles. The van der Waals surface area contributed by atoms with Gasteiger partial charge in [-0.3, -0.25) is 4.79 Å². The molecule has 1 heterocycles. The maximum Gasteiger partial charge on any atom is 0.307 e. The number of thiazole rings is 1. The van der Waals surface area contributed by atoms with Crippen molar-refractivity contribution in [3.8, 4) is 5.75 Å². The van der Waals surface area contributed by atoms with Gasteiger partial charge in [0.1, 0.15) is 12.4 Å². The zero-order valence-electron chi connectivity index (χ0n) is 8.63. The highest BCUT2D eigenvalue weighted by molar-refractivity contribution is 7.07. The molecule has 0 amide bonds. The molecule has 0 atom stereocenters. The maximum atomic E-state index is 11.2. The molecular formula is C11H12N2O2S. The number of hydrogen-bond donors (Lipinski definition) is 1. The molecule has 1 aromatic heterocycles. The van der Waals surface area contributed by atoms with Gasteiger partial charge in [0, 0.05) is 11.6 Å². The van der Waals surface area contributed by atoms with E-state index in [2.05, 4.69) is 0 Å². The van der Waals surface area contributed by atoms with Crippen LogP contribution in [0.4, 0.5) is 5.69 Å². The van der Waals surface area contributed by atoms with Crippen LogP contribution in [0.15, 0.2) is 40.6 Å². The fourth-order valence-corrected chi connectivity index (χ4v) is 1.93. The van der Waals surface area contributed by atoms with Gasteiger partial charge in [-0.2, -0.15) is 0 Å². The third kappa shape index (κ3) is 2.43. The molecule has 2 rings (SSSR count). The summed E-state index contributed by atoms with van der Waals surface area (Å²) < 4.78 is 7.10. The molecule has 0 spiro atoms. The molecule has 0 fully saturated rings. The lowest BCUT2D eigenvalue weighted by atomic mass is 10.3. The molecule has 0 saturated carbocycles. The SMILES string of the molecule is Nc1ccccc1OCCn1ccsc1=O. The highest BCUT2D eigenvalue weighted by Crippen LogP contribution is 2.19. The molecule has 2 N–H and O–H groups in total. The van der Waals surface area contributed by atoms with E-state index in [0.29, 0.717) is 24.6 Å². The first kappa shape index (κ1) is 10.8. The van der Waals surface area contributed by atoms with Crippen LogP contribution in [0, 0.1) is 0 Å². The zero-order chi connectivity index (χ0) is 11.4. The summed E-state index contributed by atoms with van der Waals surface area (Å²) in [6.45, 7) is 0.974. The molecule has 0 aliphatic rings. The molecule has 1 aromatic carbocycles. The van der Waals surface area contributed by atoms with E-state index < -0.39 is 0 Å². The van der Waals surface area contributed by atoms with Crippen LogP contribution < -0.4 is 15.3 Å². The van der Waals surface area contributed by atoms with Crippen LogP contribution in [-0.4, -0.2) is 11.2 Å². The Morgan fingerprint density at radius 2 is 2.19 bits per heavy atom. The molecule has 5 heteroatoms. The van der Waals surface area contributed by atoms with E-state index in [9.17, 15) is 4.79 Å². The van der Waals surface area contributed by atoms with Gasteiger partial charge in [-0.25, -0.2) is 0 Å². The van der Waals surface area contributed by atoms with Crippen LogP contribution in [0.5, 0.6) is 5.75 Å². The van der Waals surface area contributed by atoms with Crippen molar-refractivity contribution in [2.45, 2.75) is 6.54 Å². The second-order valence-electron chi connectivity index (χ2n) is 3.25. The summed E-state index contributed by atoms with van der Waals surface area (Å²) in [5.41, 5.74) is 6.33. The van der Waals surface area contributed by atoms with Crippen molar-refractivity contribution in [3.63, 3.8) is 0 Å². The zero-order valence-corrected chi connectivity index (χ0v) is 9.44. The lowest BCUT2D eigenvalue weighted by Gasteiger charge is -2.08. The number of nitrogens with zero attached hydrogens (tertiary/aromatic N) is 1. The van der Waals surface area contributed by atoms with Crippen molar-refractivity contribution in [2.75, 3.05) is 12.3 Å². The number of anilines is 1. The van der Waals surface area contributed by atoms with Crippen LogP contribution in [-0.2, 0) is 6.54 Å². The van der Waals surface area contributed by atoms with Crippen LogP contribution >= 0.6 is 11.3 Å². The quantitative estimate of drug-likeness (QED) is 0.820. The highest BCUT2D eigenvalue weighted by atomic mass is 32.1. The summed E-state index contributed by atoms with van der Waals surface area (Å²) in [5.74, 6) is 0.658. The third-order valence-electron chi connectivity index (χ3n) is 2.15. The lowest BCUT2D eigenvalue weighted by molar-refractivity contribution is 0.299. The number of ether oxygens (including phenoxy) is 1. The Hall–Kier alpha value is -1.75. The van der Waals surface area contributed by atoms with Gasteiger partial charge in [-0.1, -0.05) is 23.5 Å². The summed E-state index contributed by atoms with van der Waals surface area (Å²) in [7, 11) is 0. The minimum Gasteiger partial charge on any atom is -0.490 e. The summed E-state index contributed by atoms with van der Waals surface area (Å²) in [6, 6.07) is 7.31. The molecule has 0 radical (unpaired) electrons. The standard InChI is InChI=1S/C11H12N2O2S/c12-9-3-1-2-4-10(9)15-7-5-13-6-8-16-11(13)14/h1-4,6,8H,5,7,12H2. The smallest absolute Gasteiger partial charge is 0.307 e. The van der Waals surface area contributed by atoms with Gasteiger partial charge in [-0.15, -0.1) is 0 Å². The molecular weight excluding hydrogens is 224 g/mol. The predicted octanol–water partition coefficient (Wildman–Crippen LogP) is 1.57. The Morgan fingerprint density at radius 3 is 2.88 bits per heavy atom. The monoisotopic (exact) mass is 236 g/mol. The summed E-state index contributed by atoms with van der Waals surface area (Å²) in [5, 5.41) is 1.76. The van der Waals surface area contributed by atoms with Gasteiger partial charge in [0.25, 0.3) is 0 Å². The Labute approximate surface area is 96.9 Å². The second-order valence-corrected chi connectivity index (χ2v) is 4.11. The molecule has 84 valence electrons. The van der Waals surface area contributed by atoms with Crippen molar-refractivity contribution < 1.29 is 4.74 Å². The minimum atomic E-state index is 0.0321. The molecule has 0 unspecified atom stereocenters. The van der Waals surface area contributed by atoms with E-state index in [0.717, 1.165) is 0 Å². The van der Waals surface area contributed by atoms with Crippen LogP contribution in [0.25, 0.3) is 0 Å². The molecule has 0 saturated heterocycles. The van der Waals surface area contributed by atoms with Gasteiger partial charge in [0.2, 0.25) is 0 Å². The first-order valence-electron chi connectivity index (χ1n) is 4.88. The highest BCUT2D eigenvalue weighted by Gasteiger charge is 1.99. The Balaban J connectivity index is 1.92. The number of rotatable bonds is 4. The fourth-order valence-electron chi connectivity index (χ4n) is 1.32. The van der Waals surface area contributed by atoms with E-state index in [-0.39, 0.29) is 4.87 Å². The van der Waals surface area contributed by atoms with Crippen molar-refractivity contribution in [3.05, 3.63) is 45.5 Å². The average molecular weight is 236 g/mol. The average Bonchev–Trinajstić information content (AvgIpc) is 2.67. The number of nitrogen functional groups attached to an aromatic ring is 1. The third-order valence-corrected chi connectivity index (χ3v) is 2.85. The topological polar surface area (TPSA) is 57.2 Å². The van der Waals surface area contributed by atoms with Crippen LogP contribution in [0.1, 0.15) is 0 Å². The van der Waals surface area contributed by atoms with Crippen molar-refractivity contribution in [1.29, 1.82) is 0 Å². The molecule has 0 bridgehead atoms. The normalized spacial score (nSPS) is 10.2. The molecule has 16 heavy (non-hydrogen) atoms. The van der Waals surface area contributed by atoms with Gasteiger partial charge >= 0.3 is 4.87 Å². The molecule has 2 aromatic rings. The molecule has 0 aliphatic heterocycles. The summed E-state index contributed by atoms with van der Waals surface area (Å²) in [4.78, 5) is 11.3. The first-order chi connectivity index (χ1) is 7.77. The Bertz CT molecular complexity index is 518. The van der Waals surface area contributed by atoms with Gasteiger partial charge in [0.05, 0.1) is 12.2 Å². The predicted molar refractivity (Wildman–Crippen MR) is 64.9 cm³/mol. The van der Waals surface area contributed by atoms with Crippen molar-refractivity contribution in [1.82, 2.24) is 4.57 Å².